The zero-order valence-electron chi connectivity index (χ0n) is 15.4. The van der Waals surface area contributed by atoms with Gasteiger partial charge in [-0.3, -0.25) is 14.8 Å². The molecule has 0 spiro atoms. The van der Waals surface area contributed by atoms with Crippen LogP contribution in [0.4, 0.5) is 4.79 Å². The van der Waals surface area contributed by atoms with Crippen molar-refractivity contribution in [3.8, 4) is 0 Å². The Morgan fingerprint density at radius 3 is 2.40 bits per heavy atom. The first-order valence-corrected chi connectivity index (χ1v) is 8.42. The molecule has 1 rings (SSSR count). The van der Waals surface area contributed by atoms with Crippen LogP contribution in [0.25, 0.3) is 0 Å². The SMILES string of the molecule is CC[C@H](C)[C@H](NC(=O)OC(C)(C)C)C(=O)N1C[C@H](O)C[C@H]1C(=O)NO. The summed E-state index contributed by atoms with van der Waals surface area (Å²) in [5, 5.41) is 21.2. The van der Waals surface area contributed by atoms with Gasteiger partial charge in [-0.25, -0.2) is 10.3 Å². The van der Waals surface area contributed by atoms with Crippen molar-refractivity contribution in [2.24, 2.45) is 5.92 Å². The molecule has 0 bridgehead atoms. The number of aliphatic hydroxyl groups is 1. The Morgan fingerprint density at radius 2 is 1.92 bits per heavy atom. The number of alkyl carbamates (subject to hydrolysis) is 1. The maximum Gasteiger partial charge on any atom is 0.408 e. The van der Waals surface area contributed by atoms with Crippen molar-refractivity contribution in [1.29, 1.82) is 0 Å². The quantitative estimate of drug-likeness (QED) is 0.415. The summed E-state index contributed by atoms with van der Waals surface area (Å²) in [6, 6.07) is -1.89. The van der Waals surface area contributed by atoms with Gasteiger partial charge in [0, 0.05) is 13.0 Å². The number of nitrogens with one attached hydrogen (secondary N) is 2. The molecule has 1 heterocycles. The Bertz CT molecular complexity index is 505. The van der Waals surface area contributed by atoms with Crippen LogP contribution in [0.3, 0.4) is 0 Å². The average molecular weight is 359 g/mol. The van der Waals surface area contributed by atoms with Gasteiger partial charge < -0.3 is 20.1 Å². The van der Waals surface area contributed by atoms with E-state index in [0.717, 1.165) is 0 Å². The fourth-order valence-electron chi connectivity index (χ4n) is 2.68. The Hall–Kier alpha value is -1.87. The maximum absolute atomic E-state index is 12.9. The van der Waals surface area contributed by atoms with Crippen molar-refractivity contribution in [2.75, 3.05) is 6.54 Å². The first kappa shape index (κ1) is 21.2. The number of ether oxygens (including phenoxy) is 1. The lowest BCUT2D eigenvalue weighted by molar-refractivity contribution is -0.144. The molecule has 0 unspecified atom stereocenters. The second-order valence-corrected chi connectivity index (χ2v) is 7.38. The van der Waals surface area contributed by atoms with E-state index in [4.69, 9.17) is 9.94 Å². The van der Waals surface area contributed by atoms with Gasteiger partial charge in [0.15, 0.2) is 0 Å². The number of nitrogens with zero attached hydrogens (tertiary/aromatic N) is 1. The van der Waals surface area contributed by atoms with Crippen LogP contribution < -0.4 is 10.8 Å². The van der Waals surface area contributed by atoms with Crippen LogP contribution in [0.15, 0.2) is 0 Å². The lowest BCUT2D eigenvalue weighted by atomic mass is 9.97. The van der Waals surface area contributed by atoms with Gasteiger partial charge in [-0.15, -0.1) is 0 Å². The van der Waals surface area contributed by atoms with E-state index in [1.54, 1.807) is 27.7 Å². The molecule has 9 nitrogen and oxygen atoms in total. The third-order valence-corrected chi connectivity index (χ3v) is 4.13. The van der Waals surface area contributed by atoms with E-state index in [1.807, 2.05) is 6.92 Å². The molecule has 4 N–H and O–H groups in total. The monoisotopic (exact) mass is 359 g/mol. The maximum atomic E-state index is 12.9. The lowest BCUT2D eigenvalue weighted by Crippen LogP contribution is -2.56. The normalized spacial score (nSPS) is 22.9. The second-order valence-electron chi connectivity index (χ2n) is 7.38. The van der Waals surface area contributed by atoms with Crippen LogP contribution in [0.2, 0.25) is 0 Å². The topological polar surface area (TPSA) is 128 Å². The zero-order chi connectivity index (χ0) is 19.4. The summed E-state index contributed by atoms with van der Waals surface area (Å²) in [7, 11) is 0. The Labute approximate surface area is 147 Å². The number of amides is 3. The molecule has 0 aromatic rings. The summed E-state index contributed by atoms with van der Waals surface area (Å²) in [5.41, 5.74) is 0.798. The second kappa shape index (κ2) is 8.48. The summed E-state index contributed by atoms with van der Waals surface area (Å²) < 4.78 is 5.20. The van der Waals surface area contributed by atoms with Crippen molar-refractivity contribution in [3.05, 3.63) is 0 Å². The number of likely N-dealkylation sites (tertiary alicyclic amines) is 1. The minimum absolute atomic E-state index is 0.0256. The molecule has 9 heteroatoms. The summed E-state index contributed by atoms with van der Waals surface area (Å²) >= 11 is 0. The number of hydrogen-bond donors (Lipinski definition) is 4. The number of β-amino-alcohol motifs (C(OH)–C–C–N with tert-alkyl or cyclic N) is 1. The smallest absolute Gasteiger partial charge is 0.408 e. The van der Waals surface area contributed by atoms with E-state index >= 15 is 0 Å². The molecular formula is C16H29N3O6. The van der Waals surface area contributed by atoms with Crippen LogP contribution >= 0.6 is 0 Å². The summed E-state index contributed by atoms with van der Waals surface area (Å²) in [4.78, 5) is 37.9. The molecule has 0 aliphatic carbocycles. The van der Waals surface area contributed by atoms with Crippen molar-refractivity contribution in [1.82, 2.24) is 15.7 Å². The van der Waals surface area contributed by atoms with E-state index in [0.29, 0.717) is 6.42 Å². The van der Waals surface area contributed by atoms with Gasteiger partial charge in [-0.1, -0.05) is 20.3 Å². The largest absolute Gasteiger partial charge is 0.444 e. The molecule has 4 atom stereocenters. The molecule has 3 amide bonds. The van der Waals surface area contributed by atoms with Crippen LogP contribution in [0, 0.1) is 5.92 Å². The van der Waals surface area contributed by atoms with Crippen LogP contribution in [0.1, 0.15) is 47.5 Å². The third kappa shape index (κ3) is 5.86. The van der Waals surface area contributed by atoms with E-state index in [1.165, 1.54) is 10.4 Å². The van der Waals surface area contributed by atoms with Gasteiger partial charge in [-0.2, -0.15) is 0 Å². The van der Waals surface area contributed by atoms with Crippen molar-refractivity contribution in [3.63, 3.8) is 0 Å². The third-order valence-electron chi connectivity index (χ3n) is 4.13. The summed E-state index contributed by atoms with van der Waals surface area (Å²) in [6.45, 7) is 8.77. The Kier molecular flexibility index (Phi) is 7.18. The number of aliphatic hydroxyl groups excluding tert-OH is 1. The summed E-state index contributed by atoms with van der Waals surface area (Å²) in [5.74, 6) is -1.48. The van der Waals surface area contributed by atoms with Crippen LogP contribution in [-0.2, 0) is 14.3 Å². The molecule has 0 radical (unpaired) electrons. The van der Waals surface area contributed by atoms with Crippen LogP contribution in [0.5, 0.6) is 0 Å². The average Bonchev–Trinajstić information content (AvgIpc) is 2.90. The van der Waals surface area contributed by atoms with E-state index in [-0.39, 0.29) is 18.9 Å². The molecular weight excluding hydrogens is 330 g/mol. The van der Waals surface area contributed by atoms with Gasteiger partial charge in [0.2, 0.25) is 5.91 Å². The molecule has 1 fully saturated rings. The first-order chi connectivity index (χ1) is 11.5. The molecule has 1 saturated heterocycles. The molecule has 1 aliphatic heterocycles. The molecule has 1 aliphatic rings. The van der Waals surface area contributed by atoms with Crippen molar-refractivity contribution < 1.29 is 29.4 Å². The highest BCUT2D eigenvalue weighted by Crippen LogP contribution is 2.22. The predicted octanol–water partition coefficient (Wildman–Crippen LogP) is 0.393. The molecule has 0 saturated carbocycles. The minimum Gasteiger partial charge on any atom is -0.444 e. The number of carbonyl (C=O) groups is 3. The van der Waals surface area contributed by atoms with Gasteiger partial charge in [0.25, 0.3) is 5.91 Å². The highest BCUT2D eigenvalue weighted by atomic mass is 16.6. The van der Waals surface area contributed by atoms with E-state index in [2.05, 4.69) is 5.32 Å². The van der Waals surface area contributed by atoms with Gasteiger partial charge >= 0.3 is 6.09 Å². The van der Waals surface area contributed by atoms with Gasteiger partial charge in [0.05, 0.1) is 6.10 Å². The van der Waals surface area contributed by atoms with Gasteiger partial charge in [-0.05, 0) is 26.7 Å². The fraction of sp³-hybridized carbons (Fsp3) is 0.812. The van der Waals surface area contributed by atoms with E-state index in [9.17, 15) is 19.5 Å². The lowest BCUT2D eigenvalue weighted by Gasteiger charge is -2.31. The van der Waals surface area contributed by atoms with Crippen molar-refractivity contribution >= 4 is 17.9 Å². The number of rotatable bonds is 5. The first-order valence-electron chi connectivity index (χ1n) is 8.42. The summed E-state index contributed by atoms with van der Waals surface area (Å²) in [6.07, 6.45) is -0.962. The van der Waals surface area contributed by atoms with Crippen molar-refractivity contribution in [2.45, 2.75) is 71.2 Å². The number of carbonyl (C=O) groups excluding carboxylic acids is 3. The number of hydrogen-bond acceptors (Lipinski definition) is 6. The number of hydroxylamine groups is 1. The molecule has 0 aromatic carbocycles. The Balaban J connectivity index is 2.96. The molecule has 144 valence electrons. The fourth-order valence-corrected chi connectivity index (χ4v) is 2.68. The molecule has 0 aromatic heterocycles. The minimum atomic E-state index is -0.987. The van der Waals surface area contributed by atoms with Gasteiger partial charge in [0.1, 0.15) is 17.7 Å². The Morgan fingerprint density at radius 1 is 1.32 bits per heavy atom. The molecule has 25 heavy (non-hydrogen) atoms. The van der Waals surface area contributed by atoms with E-state index < -0.39 is 41.7 Å². The highest BCUT2D eigenvalue weighted by molar-refractivity contribution is 5.91. The van der Waals surface area contributed by atoms with Crippen LogP contribution in [-0.4, -0.2) is 63.5 Å². The zero-order valence-corrected chi connectivity index (χ0v) is 15.4. The highest BCUT2D eigenvalue weighted by Gasteiger charge is 2.42. The predicted molar refractivity (Wildman–Crippen MR) is 88.7 cm³/mol. The standard InChI is InChI=1S/C16H29N3O6/c1-6-9(2)12(17-15(23)25-16(3,4)5)14(22)19-8-10(20)7-11(19)13(21)18-24/h9-12,20,24H,6-8H2,1-5H3,(H,17,23)(H,18,21)/t9-,10+,11-,12-/m0/s1.